The summed E-state index contributed by atoms with van der Waals surface area (Å²) < 4.78 is 9.95. The van der Waals surface area contributed by atoms with Crippen LogP contribution in [-0.2, 0) is 19.1 Å². The highest BCUT2D eigenvalue weighted by molar-refractivity contribution is 5.88. The number of Topliss-reactive ketones (excluding diaryl/α,β-unsaturated/α-hetero) is 1. The van der Waals surface area contributed by atoms with Gasteiger partial charge in [0.25, 0.3) is 0 Å². The number of hydrogen-bond acceptors (Lipinski definition) is 11. The van der Waals surface area contributed by atoms with Crippen molar-refractivity contribution in [3.05, 3.63) is 0 Å². The van der Waals surface area contributed by atoms with Gasteiger partial charge < -0.3 is 50.0 Å². The van der Waals surface area contributed by atoms with Crippen LogP contribution in [0.2, 0.25) is 0 Å². The molecule has 1 aliphatic heterocycles. The maximum atomic E-state index is 11.6. The Hall–Kier alpha value is -1.02. The summed E-state index contributed by atoms with van der Waals surface area (Å²) in [5.74, 6) is -1.12. The van der Waals surface area contributed by atoms with Crippen LogP contribution in [0.15, 0.2) is 0 Å². The van der Waals surface area contributed by atoms with Crippen LogP contribution in [0.3, 0.4) is 0 Å². The van der Waals surface area contributed by atoms with Gasteiger partial charge in [-0.1, -0.05) is 0 Å². The van der Waals surface area contributed by atoms with Gasteiger partial charge in [-0.25, -0.2) is 0 Å². The molecule has 11 nitrogen and oxygen atoms in total. The molecule has 1 rings (SSSR count). The van der Waals surface area contributed by atoms with Gasteiger partial charge >= 0.3 is 0 Å². The Labute approximate surface area is 130 Å². The average Bonchev–Trinajstić information content (AvgIpc) is 2.57. The smallest absolute Gasteiger partial charge is 0.197 e. The molecule has 1 saturated heterocycles. The zero-order chi connectivity index (χ0) is 17.7. The van der Waals surface area contributed by atoms with Crippen LogP contribution in [0.5, 0.6) is 0 Å². The predicted molar refractivity (Wildman–Crippen MR) is 68.8 cm³/mol. The van der Waals surface area contributed by atoms with E-state index in [1.165, 1.54) is 0 Å². The molecule has 0 aromatic rings. The summed E-state index contributed by atoms with van der Waals surface area (Å²) in [6.45, 7) is -1.72. The maximum Gasteiger partial charge on any atom is 0.197 e. The predicted octanol–water partition coefficient (Wildman–Crippen LogP) is -5.35. The quantitative estimate of drug-likeness (QED) is 0.208. The van der Waals surface area contributed by atoms with Crippen LogP contribution in [0.4, 0.5) is 0 Å². The van der Waals surface area contributed by atoms with Crippen LogP contribution in [-0.4, -0.2) is 110 Å². The van der Waals surface area contributed by atoms with E-state index in [1.54, 1.807) is 0 Å². The zero-order valence-electron chi connectivity index (χ0n) is 11.9. The molecular formula is C12H20O11. The molecule has 0 aromatic carbocycles. The van der Waals surface area contributed by atoms with Crippen LogP contribution in [0.1, 0.15) is 0 Å². The van der Waals surface area contributed by atoms with Crippen molar-refractivity contribution < 1.29 is 54.8 Å². The minimum Gasteiger partial charge on any atom is -0.394 e. The van der Waals surface area contributed by atoms with E-state index in [1.807, 2.05) is 0 Å². The molecule has 0 radical (unpaired) electrons. The maximum absolute atomic E-state index is 11.6. The number of ether oxygens (including phenoxy) is 2. The normalized spacial score (nSPS) is 33.8. The number of rotatable bonds is 8. The molecular weight excluding hydrogens is 320 g/mol. The summed E-state index contributed by atoms with van der Waals surface area (Å²) >= 11 is 0. The monoisotopic (exact) mass is 340 g/mol. The number of ketones is 1. The van der Waals surface area contributed by atoms with Crippen LogP contribution in [0, 0.1) is 0 Å². The van der Waals surface area contributed by atoms with Gasteiger partial charge in [0.2, 0.25) is 0 Å². The Kier molecular flexibility index (Phi) is 7.60. The van der Waals surface area contributed by atoms with Gasteiger partial charge in [-0.05, 0) is 0 Å². The minimum atomic E-state index is -2.01. The van der Waals surface area contributed by atoms with Crippen molar-refractivity contribution >= 4 is 12.1 Å². The SMILES string of the molecule is O=CC(O)C(O)C(OC1OC(CO)C(O)C(=O)C1O)C(O)CO. The number of aldehydes is 1. The van der Waals surface area contributed by atoms with E-state index in [4.69, 9.17) is 19.7 Å². The third-order valence-corrected chi connectivity index (χ3v) is 3.37. The highest BCUT2D eigenvalue weighted by Gasteiger charge is 2.46. The summed E-state index contributed by atoms with van der Waals surface area (Å²) in [6, 6.07) is 0. The first kappa shape index (κ1) is 20.0. The topological polar surface area (TPSA) is 194 Å². The molecule has 23 heavy (non-hydrogen) atoms. The van der Waals surface area contributed by atoms with Gasteiger partial charge in [-0.2, -0.15) is 0 Å². The third-order valence-electron chi connectivity index (χ3n) is 3.37. The molecule has 0 amide bonds. The van der Waals surface area contributed by atoms with Crippen LogP contribution < -0.4 is 0 Å². The molecule has 1 heterocycles. The summed E-state index contributed by atoms with van der Waals surface area (Å²) in [7, 11) is 0. The minimum absolute atomic E-state index is 0.0469. The van der Waals surface area contributed by atoms with E-state index in [9.17, 15) is 35.1 Å². The third kappa shape index (κ3) is 4.50. The van der Waals surface area contributed by atoms with Crippen molar-refractivity contribution in [3.63, 3.8) is 0 Å². The van der Waals surface area contributed by atoms with Gasteiger partial charge in [0.05, 0.1) is 13.2 Å². The van der Waals surface area contributed by atoms with Gasteiger partial charge in [0.15, 0.2) is 24.5 Å². The molecule has 8 unspecified atom stereocenters. The Morgan fingerprint density at radius 3 is 2.26 bits per heavy atom. The van der Waals surface area contributed by atoms with E-state index >= 15 is 0 Å². The molecule has 1 aliphatic rings. The lowest BCUT2D eigenvalue weighted by Gasteiger charge is -2.38. The van der Waals surface area contributed by atoms with Gasteiger partial charge in [-0.15, -0.1) is 0 Å². The molecule has 0 bridgehead atoms. The molecule has 0 saturated carbocycles. The van der Waals surface area contributed by atoms with Crippen molar-refractivity contribution in [2.45, 2.75) is 49.0 Å². The second-order valence-electron chi connectivity index (χ2n) is 4.99. The number of carbonyl (C=O) groups is 2. The summed E-state index contributed by atoms with van der Waals surface area (Å²) in [4.78, 5) is 22.1. The van der Waals surface area contributed by atoms with E-state index in [0.717, 1.165) is 0 Å². The highest BCUT2D eigenvalue weighted by atomic mass is 16.7. The van der Waals surface area contributed by atoms with Crippen molar-refractivity contribution in [1.82, 2.24) is 0 Å². The second kappa shape index (κ2) is 8.73. The molecule has 0 spiro atoms. The van der Waals surface area contributed by atoms with E-state index in [2.05, 4.69) is 0 Å². The molecule has 0 aromatic heterocycles. The average molecular weight is 340 g/mol. The van der Waals surface area contributed by atoms with Crippen molar-refractivity contribution in [1.29, 1.82) is 0 Å². The fourth-order valence-electron chi connectivity index (χ4n) is 2.00. The lowest BCUT2D eigenvalue weighted by Crippen LogP contribution is -2.59. The molecule has 8 atom stereocenters. The summed E-state index contributed by atoms with van der Waals surface area (Å²) in [5.41, 5.74) is 0. The van der Waals surface area contributed by atoms with Gasteiger partial charge in [0, 0.05) is 0 Å². The zero-order valence-corrected chi connectivity index (χ0v) is 11.9. The molecule has 11 heteroatoms. The van der Waals surface area contributed by atoms with E-state index < -0.39 is 68.0 Å². The Morgan fingerprint density at radius 1 is 1.17 bits per heavy atom. The van der Waals surface area contributed by atoms with Crippen molar-refractivity contribution in [2.24, 2.45) is 0 Å². The van der Waals surface area contributed by atoms with Crippen molar-refractivity contribution in [3.8, 4) is 0 Å². The molecule has 0 aliphatic carbocycles. The summed E-state index contributed by atoms with van der Waals surface area (Å²) in [6.07, 6.45) is -14.7. The van der Waals surface area contributed by atoms with Gasteiger partial charge in [-0.3, -0.25) is 4.79 Å². The van der Waals surface area contributed by atoms with E-state index in [0.29, 0.717) is 0 Å². The van der Waals surface area contributed by atoms with Crippen molar-refractivity contribution in [2.75, 3.05) is 13.2 Å². The Bertz CT molecular complexity index is 402. The fourth-order valence-corrected chi connectivity index (χ4v) is 2.00. The Morgan fingerprint density at radius 2 is 1.78 bits per heavy atom. The van der Waals surface area contributed by atoms with Gasteiger partial charge in [0.1, 0.15) is 36.6 Å². The first-order chi connectivity index (χ1) is 10.8. The standard InChI is InChI=1S/C12H20O11/c13-1-4(16)7(18)11(5(17)2-14)23-12-10(21)9(20)8(19)6(3-15)22-12/h1,4-8,10-12,14-19,21H,2-3H2. The molecule has 7 N–H and O–H groups in total. The number of carbonyl (C=O) groups excluding carboxylic acids is 2. The highest BCUT2D eigenvalue weighted by Crippen LogP contribution is 2.22. The second-order valence-corrected chi connectivity index (χ2v) is 4.99. The molecule has 1 fully saturated rings. The lowest BCUT2D eigenvalue weighted by atomic mass is 10.00. The number of aliphatic hydroxyl groups excluding tert-OH is 7. The lowest BCUT2D eigenvalue weighted by molar-refractivity contribution is -0.290. The largest absolute Gasteiger partial charge is 0.394 e. The first-order valence-corrected chi connectivity index (χ1v) is 6.70. The summed E-state index contributed by atoms with van der Waals surface area (Å²) in [5, 5.41) is 65.8. The van der Waals surface area contributed by atoms with Crippen LogP contribution >= 0.6 is 0 Å². The van der Waals surface area contributed by atoms with Crippen LogP contribution in [0.25, 0.3) is 0 Å². The fraction of sp³-hybridized carbons (Fsp3) is 0.833. The number of hydrogen-bond donors (Lipinski definition) is 7. The number of aliphatic hydroxyl groups is 7. The first-order valence-electron chi connectivity index (χ1n) is 6.70. The van der Waals surface area contributed by atoms with E-state index in [-0.39, 0.29) is 6.29 Å². The Balaban J connectivity index is 2.93. The molecule has 134 valence electrons.